The Morgan fingerprint density at radius 3 is 2.43 bits per heavy atom. The number of anilines is 3. The summed E-state index contributed by atoms with van der Waals surface area (Å²) in [4.78, 5) is 29.7. The Bertz CT molecular complexity index is 1240. The minimum Gasteiger partial charge on any atom is -0.312 e. The maximum Gasteiger partial charge on any atom is 0.243 e. The Kier molecular flexibility index (Phi) is 4.13. The number of rotatable bonds is 2. The molecule has 8 nitrogen and oxygen atoms in total. The fraction of sp³-hybridized carbons (Fsp3) is 0.182. The van der Waals surface area contributed by atoms with Crippen molar-refractivity contribution < 1.29 is 9.59 Å². The third kappa shape index (κ3) is 2.68. The number of benzene rings is 3. The van der Waals surface area contributed by atoms with Crippen molar-refractivity contribution in [1.82, 2.24) is 0 Å². The summed E-state index contributed by atoms with van der Waals surface area (Å²) in [5.41, 5.74) is 2.78. The van der Waals surface area contributed by atoms with Gasteiger partial charge in [-0.15, -0.1) is 10.2 Å². The summed E-state index contributed by atoms with van der Waals surface area (Å²) in [6.07, 6.45) is -0.523. The van der Waals surface area contributed by atoms with Gasteiger partial charge in [-0.2, -0.15) is 0 Å². The summed E-state index contributed by atoms with van der Waals surface area (Å²) in [6, 6.07) is 19.1. The predicted octanol–water partition coefficient (Wildman–Crippen LogP) is 4.95. The van der Waals surface area contributed by atoms with E-state index in [0.29, 0.717) is 17.1 Å². The number of nitrogens with zero attached hydrogens (tertiary/aromatic N) is 6. The van der Waals surface area contributed by atoms with Crippen LogP contribution in [0.5, 0.6) is 0 Å². The Morgan fingerprint density at radius 1 is 0.867 bits per heavy atom. The van der Waals surface area contributed by atoms with E-state index in [1.165, 1.54) is 0 Å². The molecule has 0 saturated heterocycles. The van der Waals surface area contributed by atoms with Gasteiger partial charge < -0.3 is 4.90 Å². The Hall–Kier alpha value is -3.94. The Balaban J connectivity index is 1.75. The van der Waals surface area contributed by atoms with Crippen molar-refractivity contribution in [3.63, 3.8) is 0 Å². The zero-order valence-electron chi connectivity index (χ0n) is 16.4. The topological polar surface area (TPSA) is 90.1 Å². The number of amides is 2. The van der Waals surface area contributed by atoms with E-state index < -0.39 is 12.1 Å². The van der Waals surface area contributed by atoms with Gasteiger partial charge in [0.05, 0.1) is 11.4 Å². The molecule has 0 fully saturated rings. The first-order chi connectivity index (χ1) is 14.6. The third-order valence-electron chi connectivity index (χ3n) is 5.54. The molecule has 3 aromatic rings. The molecule has 2 aliphatic heterocycles. The number of carbonyl (C=O) groups is 2. The highest BCUT2D eigenvalue weighted by molar-refractivity contribution is 6.23. The molecule has 0 aromatic heterocycles. The van der Waals surface area contributed by atoms with Crippen LogP contribution in [0.4, 0.5) is 17.1 Å². The van der Waals surface area contributed by atoms with Crippen molar-refractivity contribution in [3.8, 4) is 0 Å². The summed E-state index contributed by atoms with van der Waals surface area (Å²) in [6.45, 7) is 1.64. The lowest BCUT2D eigenvalue weighted by Gasteiger charge is -2.26. The van der Waals surface area contributed by atoms with Gasteiger partial charge in [0.25, 0.3) is 0 Å². The average molecular weight is 398 g/mol. The fourth-order valence-corrected chi connectivity index (χ4v) is 3.99. The Labute approximate surface area is 172 Å². The second kappa shape index (κ2) is 6.84. The lowest BCUT2D eigenvalue weighted by molar-refractivity contribution is -0.130. The quantitative estimate of drug-likeness (QED) is 0.572. The SMILES string of the molecule is CC1C(=O)N(C)c2c(ccc3ccccc23)N(c2cccc(C3N=NN=N3)c2)C1=O. The molecule has 148 valence electrons. The van der Waals surface area contributed by atoms with Crippen LogP contribution in [-0.4, -0.2) is 18.9 Å². The number of hydrogen-bond donors (Lipinski definition) is 0. The van der Waals surface area contributed by atoms with Crippen molar-refractivity contribution in [1.29, 1.82) is 0 Å². The van der Waals surface area contributed by atoms with Gasteiger partial charge in [0.15, 0.2) is 0 Å². The average Bonchev–Trinajstić information content (AvgIpc) is 3.30. The van der Waals surface area contributed by atoms with Gasteiger partial charge in [0.2, 0.25) is 18.0 Å². The highest BCUT2D eigenvalue weighted by Crippen LogP contribution is 2.43. The molecule has 0 spiro atoms. The van der Waals surface area contributed by atoms with E-state index in [-0.39, 0.29) is 11.8 Å². The monoisotopic (exact) mass is 398 g/mol. The summed E-state index contributed by atoms with van der Waals surface area (Å²) in [5, 5.41) is 17.0. The number of carbonyl (C=O) groups excluding carboxylic acids is 2. The fourth-order valence-electron chi connectivity index (χ4n) is 3.99. The van der Waals surface area contributed by atoms with Crippen LogP contribution in [0.1, 0.15) is 18.7 Å². The normalized spacial score (nSPS) is 18.9. The first-order valence-corrected chi connectivity index (χ1v) is 9.59. The van der Waals surface area contributed by atoms with E-state index in [1.54, 1.807) is 23.8 Å². The van der Waals surface area contributed by atoms with Crippen LogP contribution in [-0.2, 0) is 9.59 Å². The summed E-state index contributed by atoms with van der Waals surface area (Å²) in [7, 11) is 1.72. The molecule has 0 bridgehead atoms. The van der Waals surface area contributed by atoms with Gasteiger partial charge >= 0.3 is 0 Å². The standard InChI is InChI=1S/C22H18N6O2/c1-13-21(29)27(2)19-17-9-4-3-6-14(17)10-11-18(19)28(22(13)30)16-8-5-7-15(12-16)20-23-25-26-24-20/h3-13,20H,1-2H3. The molecule has 2 aliphatic rings. The van der Waals surface area contributed by atoms with E-state index in [2.05, 4.69) is 20.7 Å². The predicted molar refractivity (Wildman–Crippen MR) is 113 cm³/mol. The van der Waals surface area contributed by atoms with Crippen molar-refractivity contribution in [2.45, 2.75) is 13.1 Å². The van der Waals surface area contributed by atoms with Gasteiger partial charge in [0.1, 0.15) is 5.92 Å². The van der Waals surface area contributed by atoms with Crippen molar-refractivity contribution in [2.75, 3.05) is 16.8 Å². The highest BCUT2D eigenvalue weighted by Gasteiger charge is 2.37. The summed E-state index contributed by atoms with van der Waals surface area (Å²) >= 11 is 0. The molecule has 0 aliphatic carbocycles. The maximum atomic E-state index is 13.4. The van der Waals surface area contributed by atoms with Crippen LogP contribution in [0.3, 0.4) is 0 Å². The second-order valence-corrected chi connectivity index (χ2v) is 7.33. The second-order valence-electron chi connectivity index (χ2n) is 7.33. The van der Waals surface area contributed by atoms with Crippen molar-refractivity contribution >= 4 is 39.6 Å². The van der Waals surface area contributed by atoms with Crippen LogP contribution in [0.2, 0.25) is 0 Å². The van der Waals surface area contributed by atoms with Gasteiger partial charge in [-0.25, -0.2) is 0 Å². The van der Waals surface area contributed by atoms with Gasteiger partial charge in [-0.3, -0.25) is 14.5 Å². The molecule has 0 saturated carbocycles. The lowest BCUT2D eigenvalue weighted by Crippen LogP contribution is -2.37. The highest BCUT2D eigenvalue weighted by atomic mass is 16.2. The van der Waals surface area contributed by atoms with Gasteiger partial charge in [-0.05, 0) is 41.0 Å². The lowest BCUT2D eigenvalue weighted by atomic mass is 10.0. The van der Waals surface area contributed by atoms with Gasteiger partial charge in [0, 0.05) is 23.7 Å². The maximum absolute atomic E-state index is 13.4. The van der Waals surface area contributed by atoms with E-state index in [9.17, 15) is 9.59 Å². The molecule has 30 heavy (non-hydrogen) atoms. The van der Waals surface area contributed by atoms with Crippen molar-refractivity contribution in [3.05, 3.63) is 66.2 Å². The molecular formula is C22H18N6O2. The van der Waals surface area contributed by atoms with Gasteiger partial charge in [-0.1, -0.05) is 42.5 Å². The largest absolute Gasteiger partial charge is 0.312 e. The summed E-state index contributed by atoms with van der Waals surface area (Å²) in [5.74, 6) is -1.35. The minimum absolute atomic E-state index is 0.241. The molecule has 5 rings (SSSR count). The Morgan fingerprint density at radius 2 is 1.63 bits per heavy atom. The first-order valence-electron chi connectivity index (χ1n) is 9.59. The van der Waals surface area contributed by atoms with E-state index in [0.717, 1.165) is 16.3 Å². The number of fused-ring (bicyclic) bond motifs is 3. The first kappa shape index (κ1) is 18.1. The molecular weight excluding hydrogens is 380 g/mol. The molecule has 8 heteroatoms. The molecule has 0 N–H and O–H groups in total. The van der Waals surface area contributed by atoms with Crippen LogP contribution >= 0.6 is 0 Å². The molecule has 3 aromatic carbocycles. The third-order valence-corrected chi connectivity index (χ3v) is 5.54. The van der Waals surface area contributed by atoms with Crippen LogP contribution < -0.4 is 9.80 Å². The zero-order chi connectivity index (χ0) is 20.8. The van der Waals surface area contributed by atoms with E-state index >= 15 is 0 Å². The van der Waals surface area contributed by atoms with Crippen LogP contribution in [0.15, 0.2) is 81.3 Å². The molecule has 2 heterocycles. The van der Waals surface area contributed by atoms with Crippen LogP contribution in [0, 0.1) is 5.92 Å². The van der Waals surface area contributed by atoms with E-state index in [4.69, 9.17) is 0 Å². The van der Waals surface area contributed by atoms with E-state index in [1.807, 2.05) is 60.7 Å². The summed E-state index contributed by atoms with van der Waals surface area (Å²) < 4.78 is 0. The zero-order valence-corrected chi connectivity index (χ0v) is 16.4. The smallest absolute Gasteiger partial charge is 0.243 e. The molecule has 1 unspecified atom stereocenters. The molecule has 1 atom stereocenters. The minimum atomic E-state index is -0.823. The number of hydrogen-bond acceptors (Lipinski definition) is 6. The molecule has 2 amide bonds. The molecule has 0 radical (unpaired) electrons. The van der Waals surface area contributed by atoms with Crippen LogP contribution in [0.25, 0.3) is 10.8 Å². The van der Waals surface area contributed by atoms with Crippen molar-refractivity contribution in [2.24, 2.45) is 26.6 Å².